The normalized spacial score (nSPS) is 11.6. The third kappa shape index (κ3) is 5.46. The fourth-order valence-corrected chi connectivity index (χ4v) is 10.9. The molecule has 17 heteroatoms. The number of benzene rings is 8. The molecule has 0 heterocycles. The smallest absolute Gasteiger partial charge is 0.102 e. The summed E-state index contributed by atoms with van der Waals surface area (Å²) >= 11 is 0. The van der Waals surface area contributed by atoms with E-state index >= 15 is 0 Å². The highest BCUT2D eigenvalue weighted by Crippen LogP contribution is 2.43. The Morgan fingerprint density at radius 2 is 0.526 bits per heavy atom. The Balaban J connectivity index is 1.73. The minimum atomic E-state index is 1.29. The summed E-state index contributed by atoms with van der Waals surface area (Å²) < 4.78 is 0. The molecule has 57 heavy (non-hydrogen) atoms. The first kappa shape index (κ1) is 39.7. The van der Waals surface area contributed by atoms with E-state index in [0.717, 1.165) is 0 Å². The predicted molar refractivity (Wildman–Crippen MR) is 312 cm³/mol. The lowest BCUT2D eigenvalue weighted by molar-refractivity contribution is 1.75. The Morgan fingerprint density at radius 3 is 0.982 bits per heavy atom. The van der Waals surface area contributed by atoms with Crippen LogP contribution in [-0.2, 0) is 0 Å². The van der Waals surface area contributed by atoms with Crippen molar-refractivity contribution in [2.75, 3.05) is 0 Å². The van der Waals surface area contributed by atoms with Crippen LogP contribution in [0.2, 0.25) is 0 Å². The van der Waals surface area contributed by atoms with E-state index in [9.17, 15) is 0 Å². The average molecular weight is 708 g/mol. The first-order valence-electron chi connectivity index (χ1n) is 21.0. The summed E-state index contributed by atoms with van der Waals surface area (Å²) in [5.74, 6) is 0. The van der Waals surface area contributed by atoms with Gasteiger partial charge < -0.3 is 0 Å². The van der Waals surface area contributed by atoms with E-state index in [4.69, 9.17) is 0 Å². The van der Waals surface area contributed by atoms with Gasteiger partial charge in [0.1, 0.15) is 133 Å². The van der Waals surface area contributed by atoms with Crippen LogP contribution in [-0.4, -0.2) is 133 Å². The first-order valence-corrected chi connectivity index (χ1v) is 21.0. The molecular weight excluding hydrogens is 664 g/mol. The summed E-state index contributed by atoms with van der Waals surface area (Å²) in [5, 5.41) is 10.8. The van der Waals surface area contributed by atoms with Gasteiger partial charge in [-0.15, -0.1) is 43.7 Å². The van der Waals surface area contributed by atoms with E-state index in [1.54, 1.807) is 0 Å². The highest BCUT2D eigenvalue weighted by atomic mass is 14.3. The van der Waals surface area contributed by atoms with Crippen LogP contribution in [0.25, 0.3) is 76.5 Å². The van der Waals surface area contributed by atoms with Crippen LogP contribution in [0.3, 0.4) is 0 Å². The van der Waals surface area contributed by atoms with Gasteiger partial charge in [-0.3, -0.25) is 0 Å². The van der Waals surface area contributed by atoms with Gasteiger partial charge in [0.25, 0.3) is 0 Å². The van der Waals surface area contributed by atoms with Gasteiger partial charge in [0, 0.05) is 0 Å². The van der Waals surface area contributed by atoms with Crippen molar-refractivity contribution in [1.82, 2.24) is 0 Å². The lowest BCUT2D eigenvalue weighted by atomic mass is 9.55. The number of rotatable bonds is 3. The Morgan fingerprint density at radius 1 is 0.228 bits per heavy atom. The van der Waals surface area contributed by atoms with Crippen LogP contribution in [0.1, 0.15) is 0 Å². The lowest BCUT2D eigenvalue weighted by Crippen LogP contribution is -2.57. The fraction of sp³-hybridized carbons (Fsp3) is 0. The molecule has 0 aliphatic heterocycles. The van der Waals surface area contributed by atoms with E-state index in [0.29, 0.717) is 0 Å². The molecule has 8 aromatic rings. The van der Waals surface area contributed by atoms with Gasteiger partial charge in [-0.2, -0.15) is 0 Å². The maximum Gasteiger partial charge on any atom is 0.140 e. The second kappa shape index (κ2) is 14.0. The van der Waals surface area contributed by atoms with Crippen molar-refractivity contribution in [3.63, 3.8) is 0 Å². The maximum atomic E-state index is 2.50. The molecule has 0 nitrogen and oxygen atoms in total. The Kier molecular flexibility index (Phi) is 9.78. The zero-order chi connectivity index (χ0) is 41.3. The van der Waals surface area contributed by atoms with Crippen LogP contribution in [0.4, 0.5) is 0 Å². The fourth-order valence-electron chi connectivity index (χ4n) is 10.9. The van der Waals surface area contributed by atoms with E-state index in [1.165, 1.54) is 169 Å². The summed E-state index contributed by atoms with van der Waals surface area (Å²) in [6.45, 7) is 0. The Labute approximate surface area is 355 Å². The molecule has 0 atom stereocenters. The summed E-state index contributed by atoms with van der Waals surface area (Å²) in [5.41, 5.74) is 32.1. The van der Waals surface area contributed by atoms with Crippen molar-refractivity contribution in [2.24, 2.45) is 0 Å². The van der Waals surface area contributed by atoms with Gasteiger partial charge >= 0.3 is 0 Å². The Hall–Kier alpha value is -4.10. The molecule has 0 unspecified atom stereocenters. The van der Waals surface area contributed by atoms with Gasteiger partial charge in [0.2, 0.25) is 0 Å². The molecule has 0 aliphatic carbocycles. The van der Waals surface area contributed by atoms with Crippen LogP contribution >= 0.6 is 0 Å². The molecule has 0 aromatic heterocycles. The highest BCUT2D eigenvalue weighted by Gasteiger charge is 2.29. The van der Waals surface area contributed by atoms with Gasteiger partial charge in [-0.1, -0.05) is 97.7 Å². The molecule has 8 aromatic carbocycles. The number of hydrogen-bond acceptors (Lipinski definition) is 0. The second-order valence-electron chi connectivity index (χ2n) is 17.7. The summed E-state index contributed by atoms with van der Waals surface area (Å²) in [7, 11) is 40.2. The first-order chi connectivity index (χ1) is 26.9. The topological polar surface area (TPSA) is 0 Å². The summed E-state index contributed by atoms with van der Waals surface area (Å²) in [4.78, 5) is 0. The van der Waals surface area contributed by atoms with Crippen LogP contribution < -0.4 is 92.9 Å². The Bertz CT molecular complexity index is 3040. The van der Waals surface area contributed by atoms with E-state index in [2.05, 4.69) is 188 Å². The van der Waals surface area contributed by atoms with Crippen molar-refractivity contribution in [1.29, 1.82) is 0 Å². The molecular formula is C40H43B17. The third-order valence-electron chi connectivity index (χ3n) is 15.5. The van der Waals surface area contributed by atoms with Crippen LogP contribution in [0, 0.1) is 0 Å². The standard InChI is InChI=1S/C40H43B17/c41-24-21(29(46)33(50)30(47)22(24)23-31(48)38(55)40(57)39(56)32(23)49)16-19-17(25(42)34(51)36(53)27(19)44)15(18-20(16)28(45)37(54)35(52)26(18)43)14-9-10-5-1-2-6-11(10)12-7-3-4-8-13(12)14/h1-9H,41-57H2. The zero-order valence-corrected chi connectivity index (χ0v) is 37.7. The third-order valence-corrected chi connectivity index (χ3v) is 15.5. The van der Waals surface area contributed by atoms with Gasteiger partial charge in [-0.25, -0.2) is 0 Å². The molecule has 0 fully saturated rings. The zero-order valence-electron chi connectivity index (χ0n) is 37.7. The van der Waals surface area contributed by atoms with Crippen molar-refractivity contribution < 1.29 is 0 Å². The van der Waals surface area contributed by atoms with Crippen LogP contribution in [0.5, 0.6) is 0 Å². The lowest BCUT2D eigenvalue weighted by Gasteiger charge is -2.32. The largest absolute Gasteiger partial charge is 0.140 e. The number of fused-ring (bicyclic) bond motifs is 5. The van der Waals surface area contributed by atoms with Gasteiger partial charge in [-0.05, 0) is 82.5 Å². The van der Waals surface area contributed by atoms with Crippen molar-refractivity contribution in [3.05, 3.63) is 54.6 Å². The molecule has 0 spiro atoms. The SMILES string of the molecule is Bc1c(B)c(B)c(-c2c(B)c(B)c(B)c(-c3c4c(B)c(B)c(B)c(B)c4c(-c4cc5ccccc5c5ccccc45)c4c(B)c(B)c(B)c(B)c34)c2B)c(B)c1B. The summed E-state index contributed by atoms with van der Waals surface area (Å²) in [6, 6.07) is 20.6. The van der Waals surface area contributed by atoms with Crippen LogP contribution in [0.15, 0.2) is 54.6 Å². The second-order valence-corrected chi connectivity index (χ2v) is 17.7. The summed E-state index contributed by atoms with van der Waals surface area (Å²) in [6.07, 6.45) is 0. The minimum Gasteiger partial charge on any atom is -0.102 e. The van der Waals surface area contributed by atoms with E-state index in [-0.39, 0.29) is 0 Å². The quantitative estimate of drug-likeness (QED) is 0.0974. The van der Waals surface area contributed by atoms with Crippen molar-refractivity contribution in [3.8, 4) is 33.4 Å². The molecule has 0 bridgehead atoms. The van der Waals surface area contributed by atoms with Crippen molar-refractivity contribution in [2.45, 2.75) is 0 Å². The molecule has 0 radical (unpaired) electrons. The molecule has 0 amide bonds. The van der Waals surface area contributed by atoms with Crippen molar-refractivity contribution >= 4 is 269 Å². The molecule has 0 N–H and O–H groups in total. The molecule has 0 aliphatic rings. The molecule has 254 valence electrons. The molecule has 0 saturated carbocycles. The number of hydrogen-bond donors (Lipinski definition) is 0. The van der Waals surface area contributed by atoms with Gasteiger partial charge in [0.15, 0.2) is 0 Å². The molecule has 8 rings (SSSR count). The monoisotopic (exact) mass is 710 g/mol. The average Bonchev–Trinajstić information content (AvgIpc) is 3.21. The van der Waals surface area contributed by atoms with E-state index < -0.39 is 0 Å². The van der Waals surface area contributed by atoms with E-state index in [1.807, 2.05) is 0 Å². The maximum absolute atomic E-state index is 2.50. The van der Waals surface area contributed by atoms with Gasteiger partial charge in [0.05, 0.1) is 0 Å². The minimum absolute atomic E-state index is 1.29. The highest BCUT2D eigenvalue weighted by molar-refractivity contribution is 6.74. The predicted octanol–water partition coefficient (Wildman–Crippen LogP) is -18.3. The molecule has 0 saturated heterocycles.